The fourth-order valence-corrected chi connectivity index (χ4v) is 5.45. The van der Waals surface area contributed by atoms with Crippen molar-refractivity contribution in [2.75, 3.05) is 30.4 Å². The van der Waals surface area contributed by atoms with Crippen LogP contribution in [0.3, 0.4) is 0 Å². The summed E-state index contributed by atoms with van der Waals surface area (Å²) >= 11 is 6.04. The molecule has 6 rings (SSSR count). The lowest BCUT2D eigenvalue weighted by Crippen LogP contribution is -2.59. The van der Waals surface area contributed by atoms with Crippen molar-refractivity contribution >= 4 is 29.4 Å². The van der Waals surface area contributed by atoms with Crippen LogP contribution in [0.15, 0.2) is 37.2 Å². The normalized spacial score (nSPS) is 18.8. The van der Waals surface area contributed by atoms with Crippen LogP contribution in [0.4, 0.5) is 34.1 Å². The number of methoxy groups -OCH3 is 1. The Morgan fingerprint density at radius 3 is 2.33 bits per heavy atom. The van der Waals surface area contributed by atoms with E-state index in [-0.39, 0.29) is 53.9 Å². The molecule has 45 heavy (non-hydrogen) atoms. The summed E-state index contributed by atoms with van der Waals surface area (Å²) in [6, 6.07) is -0.647. The zero-order valence-electron chi connectivity index (χ0n) is 23.7. The van der Waals surface area contributed by atoms with Gasteiger partial charge in [0.2, 0.25) is 5.95 Å². The van der Waals surface area contributed by atoms with Crippen LogP contribution in [0.5, 0.6) is 6.01 Å². The fourth-order valence-electron chi connectivity index (χ4n) is 5.26. The van der Waals surface area contributed by atoms with E-state index in [2.05, 4.69) is 45.4 Å². The van der Waals surface area contributed by atoms with Gasteiger partial charge in [0.1, 0.15) is 23.1 Å². The Bertz CT molecular complexity index is 1640. The molecule has 2 fully saturated rings. The molecule has 0 unspecified atom stereocenters. The summed E-state index contributed by atoms with van der Waals surface area (Å²) in [6.07, 6.45) is 4.36. The number of aromatic amines is 1. The number of anilines is 2. The molecule has 2 N–H and O–H groups in total. The van der Waals surface area contributed by atoms with Crippen LogP contribution in [-0.4, -0.2) is 89.5 Å². The molecule has 0 aromatic carbocycles. The number of hydrogen-bond acceptors (Lipinski definition) is 10. The second-order valence-corrected chi connectivity index (χ2v) is 11.0. The number of nitrogens with one attached hydrogen (secondary N) is 2. The number of nitrogens with zero attached hydrogens (tertiary/aromatic N) is 9. The van der Waals surface area contributed by atoms with Crippen LogP contribution >= 0.6 is 11.6 Å². The van der Waals surface area contributed by atoms with Gasteiger partial charge in [-0.1, -0.05) is 11.6 Å². The minimum absolute atomic E-state index is 0.00541. The molecule has 236 valence electrons. The Morgan fingerprint density at radius 2 is 1.76 bits per heavy atom. The predicted octanol–water partition coefficient (Wildman–Crippen LogP) is 4.80. The van der Waals surface area contributed by atoms with Gasteiger partial charge in [0.25, 0.3) is 0 Å². The monoisotopic (exact) mass is 647 g/mol. The molecule has 1 saturated carbocycles. The van der Waals surface area contributed by atoms with Crippen LogP contribution in [0.2, 0.25) is 5.02 Å². The number of carbonyl (C=O) groups is 1. The molecule has 5 heterocycles. The van der Waals surface area contributed by atoms with Crippen molar-refractivity contribution in [3.8, 4) is 28.7 Å². The number of alkyl halides is 4. The quantitative estimate of drug-likeness (QED) is 0.268. The molecule has 1 aliphatic carbocycles. The van der Waals surface area contributed by atoms with E-state index in [0.717, 1.165) is 0 Å². The molecular weight excluding hydrogens is 622 g/mol. The van der Waals surface area contributed by atoms with Crippen LogP contribution in [-0.2, 0) is 6.18 Å². The van der Waals surface area contributed by atoms with E-state index in [1.54, 1.807) is 12.4 Å². The van der Waals surface area contributed by atoms with E-state index in [4.69, 9.17) is 16.3 Å². The van der Waals surface area contributed by atoms with E-state index in [9.17, 15) is 22.4 Å². The third kappa shape index (κ3) is 6.43. The van der Waals surface area contributed by atoms with Gasteiger partial charge in [-0.25, -0.2) is 34.1 Å². The van der Waals surface area contributed by atoms with Crippen molar-refractivity contribution in [3.63, 3.8) is 0 Å². The van der Waals surface area contributed by atoms with Gasteiger partial charge in [-0.2, -0.15) is 18.3 Å². The van der Waals surface area contributed by atoms with E-state index in [0.29, 0.717) is 49.0 Å². The number of aromatic nitrogens is 8. The van der Waals surface area contributed by atoms with Crippen molar-refractivity contribution in [1.29, 1.82) is 0 Å². The highest BCUT2D eigenvalue weighted by Crippen LogP contribution is 2.38. The minimum Gasteiger partial charge on any atom is -0.467 e. The van der Waals surface area contributed by atoms with Crippen molar-refractivity contribution in [3.05, 3.63) is 47.8 Å². The largest absolute Gasteiger partial charge is 0.467 e. The molecule has 2 aliphatic rings. The molecule has 0 spiro atoms. The van der Waals surface area contributed by atoms with Gasteiger partial charge in [-0.15, -0.1) is 0 Å². The number of halogens is 5. The third-order valence-corrected chi connectivity index (χ3v) is 7.90. The number of hydrogen-bond donors (Lipinski definition) is 2. The number of likely N-dealkylation sites (tertiary alicyclic amines) is 1. The average molecular weight is 648 g/mol. The van der Waals surface area contributed by atoms with Gasteiger partial charge < -0.3 is 15.0 Å². The van der Waals surface area contributed by atoms with Crippen molar-refractivity contribution in [1.82, 2.24) is 45.0 Å². The first-order valence-electron chi connectivity index (χ1n) is 13.9. The SMILES string of the molecule is COc1ncc(-c2cnc(N(C(=O)N3CC(F)C3)C3CCC(Nc4ncc(C(F)(F)F)c(-c5n[nH]cc5Cl)n4)CC3)cn2)cn1. The third-order valence-electron chi connectivity index (χ3n) is 7.61. The van der Waals surface area contributed by atoms with Crippen molar-refractivity contribution in [2.24, 2.45) is 0 Å². The maximum atomic E-state index is 13.7. The molecule has 18 heteroatoms. The van der Waals surface area contributed by atoms with Crippen LogP contribution in [0, 0.1) is 0 Å². The number of urea groups is 1. The Labute approximate surface area is 258 Å². The first kappa shape index (κ1) is 30.4. The second-order valence-electron chi connectivity index (χ2n) is 10.6. The van der Waals surface area contributed by atoms with E-state index >= 15 is 0 Å². The van der Waals surface area contributed by atoms with E-state index in [1.165, 1.54) is 35.5 Å². The number of amides is 2. The molecule has 4 aromatic rings. The molecule has 1 aliphatic heterocycles. The number of ether oxygens (including phenoxy) is 1. The maximum Gasteiger partial charge on any atom is 0.420 e. The topological polar surface area (TPSA) is 151 Å². The van der Waals surface area contributed by atoms with Gasteiger partial charge >= 0.3 is 18.2 Å². The van der Waals surface area contributed by atoms with Gasteiger partial charge in [0, 0.05) is 42.4 Å². The summed E-state index contributed by atoms with van der Waals surface area (Å²) in [6.45, 7) is -0.0108. The maximum absolute atomic E-state index is 13.7. The molecule has 4 aromatic heterocycles. The highest BCUT2D eigenvalue weighted by Gasteiger charge is 2.39. The summed E-state index contributed by atoms with van der Waals surface area (Å²) < 4.78 is 59.7. The zero-order valence-corrected chi connectivity index (χ0v) is 24.4. The summed E-state index contributed by atoms with van der Waals surface area (Å²) in [5.74, 6) is 0.301. The van der Waals surface area contributed by atoms with Crippen molar-refractivity contribution in [2.45, 2.75) is 50.1 Å². The van der Waals surface area contributed by atoms with Gasteiger partial charge in [-0.05, 0) is 25.7 Å². The molecular formula is C27H26ClF4N11O2. The van der Waals surface area contributed by atoms with E-state index < -0.39 is 23.6 Å². The summed E-state index contributed by atoms with van der Waals surface area (Å²) in [4.78, 5) is 41.6. The Kier molecular flexibility index (Phi) is 8.35. The molecule has 13 nitrogen and oxygen atoms in total. The lowest BCUT2D eigenvalue weighted by atomic mass is 9.90. The first-order chi connectivity index (χ1) is 21.6. The first-order valence-corrected chi connectivity index (χ1v) is 14.3. The summed E-state index contributed by atoms with van der Waals surface area (Å²) in [7, 11) is 1.46. The standard InChI is InChI=1S/C27H26ClF4N11O2/c1-45-25-36-6-14(7-37-25)20-10-34-21(11-33-20)43(26(44)42-12-15(29)13-42)17-4-2-16(3-5-17)39-24-35-8-18(27(30,31)32)22(40-24)23-19(28)9-38-41-23/h6-11,15-17H,2-5,12-13H2,1H3,(H,38,41)(H,35,39,40). The molecule has 1 saturated heterocycles. The summed E-state index contributed by atoms with van der Waals surface area (Å²) in [5, 5.41) is 9.37. The van der Waals surface area contributed by atoms with Crippen molar-refractivity contribution < 1.29 is 27.1 Å². The zero-order chi connectivity index (χ0) is 31.7. The minimum atomic E-state index is -4.72. The Hall–Kier alpha value is -4.67. The van der Waals surface area contributed by atoms with Gasteiger partial charge in [0.15, 0.2) is 5.82 Å². The molecule has 0 bridgehead atoms. The molecule has 0 radical (unpaired) electrons. The van der Waals surface area contributed by atoms with Gasteiger partial charge in [-0.3, -0.25) is 15.0 Å². The second kappa shape index (κ2) is 12.4. The average Bonchev–Trinajstić information content (AvgIpc) is 3.46. The van der Waals surface area contributed by atoms with E-state index in [1.807, 2.05) is 0 Å². The smallest absolute Gasteiger partial charge is 0.420 e. The van der Waals surface area contributed by atoms with Crippen LogP contribution in [0.1, 0.15) is 31.2 Å². The number of rotatable bonds is 7. The highest BCUT2D eigenvalue weighted by atomic mass is 35.5. The summed E-state index contributed by atoms with van der Waals surface area (Å²) in [5.41, 5.74) is -0.554. The number of carbonyl (C=O) groups excluding carboxylic acids is 1. The Balaban J connectivity index is 1.18. The highest BCUT2D eigenvalue weighted by molar-refractivity contribution is 6.32. The fraction of sp³-hybridized carbons (Fsp3) is 0.407. The van der Waals surface area contributed by atoms with Gasteiger partial charge in [0.05, 0.1) is 43.3 Å². The predicted molar refractivity (Wildman–Crippen MR) is 153 cm³/mol. The van der Waals surface area contributed by atoms with Crippen LogP contribution in [0.25, 0.3) is 22.6 Å². The molecule has 0 atom stereocenters. The lowest BCUT2D eigenvalue weighted by Gasteiger charge is -2.42. The molecule has 2 amide bonds. The number of H-pyrrole nitrogens is 1. The Morgan fingerprint density at radius 1 is 1.02 bits per heavy atom. The lowest BCUT2D eigenvalue weighted by molar-refractivity contribution is -0.137. The van der Waals surface area contributed by atoms with Crippen LogP contribution < -0.4 is 15.0 Å².